The lowest BCUT2D eigenvalue weighted by Gasteiger charge is -2.27. The Morgan fingerprint density at radius 2 is 1.54 bits per heavy atom. The third-order valence-corrected chi connectivity index (χ3v) is 4.17. The summed E-state index contributed by atoms with van der Waals surface area (Å²) in [5, 5.41) is 26.0. The molecule has 7 heteroatoms. The molecule has 3 aromatic carbocycles. The molecule has 7 nitrogen and oxygen atoms in total. The number of hydrazone groups is 1. The van der Waals surface area contributed by atoms with E-state index in [9.17, 15) is 20.0 Å². The lowest BCUT2D eigenvalue weighted by Crippen LogP contribution is -2.43. The number of non-ortho nitro benzene ring substituents is 1. The smallest absolute Gasteiger partial charge is 0.281 e. The second kappa shape index (κ2) is 8.24. The van der Waals surface area contributed by atoms with E-state index in [1.807, 2.05) is 0 Å². The summed E-state index contributed by atoms with van der Waals surface area (Å²) in [6.07, 6.45) is 1.28. The predicted octanol–water partition coefficient (Wildman–Crippen LogP) is 2.98. The molecule has 0 fully saturated rings. The van der Waals surface area contributed by atoms with Crippen LogP contribution in [0.3, 0.4) is 0 Å². The van der Waals surface area contributed by atoms with Crippen LogP contribution in [0.15, 0.2) is 90.0 Å². The van der Waals surface area contributed by atoms with Crippen molar-refractivity contribution in [3.63, 3.8) is 0 Å². The van der Waals surface area contributed by atoms with E-state index in [-0.39, 0.29) is 5.69 Å². The van der Waals surface area contributed by atoms with E-state index >= 15 is 0 Å². The summed E-state index contributed by atoms with van der Waals surface area (Å²) in [6.45, 7) is 0. The van der Waals surface area contributed by atoms with E-state index in [4.69, 9.17) is 0 Å². The molecule has 0 saturated carbocycles. The first-order chi connectivity index (χ1) is 13.5. The number of carbonyl (C=O) groups excluding carboxylic acids is 1. The molecule has 3 rings (SSSR count). The van der Waals surface area contributed by atoms with Gasteiger partial charge in [-0.2, -0.15) is 5.10 Å². The lowest BCUT2D eigenvalue weighted by atomic mass is 9.85. The van der Waals surface area contributed by atoms with Gasteiger partial charge in [-0.05, 0) is 11.1 Å². The molecule has 0 aliphatic carbocycles. The standard InChI is InChI=1S/C21H17N3O4/c25-20(23-22-15-16-8-7-13-19(14-16)24(27)28)21(26,17-9-3-1-4-10-17)18-11-5-2-6-12-18/h1-15,26H,(H,23,25)/b22-15-. The number of nitro benzene ring substituents is 1. The van der Waals surface area contributed by atoms with Gasteiger partial charge in [0.1, 0.15) is 0 Å². The Balaban J connectivity index is 1.87. The molecule has 3 aromatic rings. The second-order valence-corrected chi connectivity index (χ2v) is 5.99. The number of nitro groups is 1. The summed E-state index contributed by atoms with van der Waals surface area (Å²) in [7, 11) is 0. The Kier molecular flexibility index (Phi) is 5.57. The number of rotatable bonds is 6. The summed E-state index contributed by atoms with van der Waals surface area (Å²) in [6, 6.07) is 22.9. The predicted molar refractivity (Wildman–Crippen MR) is 105 cm³/mol. The van der Waals surface area contributed by atoms with Crippen LogP contribution < -0.4 is 5.43 Å². The molecule has 0 radical (unpaired) electrons. The Hall–Kier alpha value is -3.84. The van der Waals surface area contributed by atoms with Crippen molar-refractivity contribution in [2.24, 2.45) is 5.10 Å². The molecule has 28 heavy (non-hydrogen) atoms. The maximum absolute atomic E-state index is 12.8. The molecule has 0 aliphatic rings. The number of benzene rings is 3. The quantitative estimate of drug-likeness (QED) is 0.392. The highest BCUT2D eigenvalue weighted by Gasteiger charge is 2.39. The van der Waals surface area contributed by atoms with Crippen molar-refractivity contribution in [3.05, 3.63) is 112 Å². The van der Waals surface area contributed by atoms with Gasteiger partial charge in [0.2, 0.25) is 0 Å². The highest BCUT2D eigenvalue weighted by atomic mass is 16.6. The van der Waals surface area contributed by atoms with Crippen LogP contribution in [0.25, 0.3) is 0 Å². The van der Waals surface area contributed by atoms with Gasteiger partial charge in [0.15, 0.2) is 5.60 Å². The van der Waals surface area contributed by atoms with Crippen molar-refractivity contribution < 1.29 is 14.8 Å². The van der Waals surface area contributed by atoms with Crippen molar-refractivity contribution >= 4 is 17.8 Å². The van der Waals surface area contributed by atoms with Gasteiger partial charge in [-0.15, -0.1) is 0 Å². The summed E-state index contributed by atoms with van der Waals surface area (Å²) in [5.74, 6) is -0.744. The second-order valence-electron chi connectivity index (χ2n) is 5.99. The van der Waals surface area contributed by atoms with E-state index in [2.05, 4.69) is 10.5 Å². The minimum Gasteiger partial charge on any atom is -0.372 e. The minimum atomic E-state index is -1.94. The Morgan fingerprint density at radius 3 is 2.07 bits per heavy atom. The first-order valence-corrected chi connectivity index (χ1v) is 8.43. The van der Waals surface area contributed by atoms with E-state index in [0.717, 1.165) is 0 Å². The first kappa shape index (κ1) is 18.9. The fourth-order valence-electron chi connectivity index (χ4n) is 2.75. The minimum absolute atomic E-state index is 0.0830. The van der Waals surface area contributed by atoms with Crippen LogP contribution in [-0.4, -0.2) is 22.2 Å². The molecular formula is C21H17N3O4. The van der Waals surface area contributed by atoms with Gasteiger partial charge in [0.25, 0.3) is 11.6 Å². The number of carbonyl (C=O) groups is 1. The normalized spacial score (nSPS) is 11.3. The van der Waals surface area contributed by atoms with Crippen LogP contribution in [-0.2, 0) is 10.4 Å². The fourth-order valence-corrected chi connectivity index (χ4v) is 2.75. The molecule has 0 heterocycles. The number of hydrogen-bond acceptors (Lipinski definition) is 5. The van der Waals surface area contributed by atoms with Crippen LogP contribution >= 0.6 is 0 Å². The van der Waals surface area contributed by atoms with Crippen LogP contribution in [0.4, 0.5) is 5.69 Å². The van der Waals surface area contributed by atoms with Gasteiger partial charge in [-0.1, -0.05) is 72.8 Å². The average Bonchev–Trinajstić information content (AvgIpc) is 2.74. The highest BCUT2D eigenvalue weighted by Crippen LogP contribution is 2.29. The van der Waals surface area contributed by atoms with Crippen LogP contribution in [0.1, 0.15) is 16.7 Å². The van der Waals surface area contributed by atoms with E-state index in [0.29, 0.717) is 16.7 Å². The van der Waals surface area contributed by atoms with Crippen molar-refractivity contribution in [3.8, 4) is 0 Å². The van der Waals surface area contributed by atoms with Gasteiger partial charge in [0.05, 0.1) is 11.1 Å². The maximum atomic E-state index is 12.8. The molecule has 0 atom stereocenters. The van der Waals surface area contributed by atoms with Crippen molar-refractivity contribution in [2.75, 3.05) is 0 Å². The zero-order chi connectivity index (χ0) is 20.0. The van der Waals surface area contributed by atoms with Gasteiger partial charge >= 0.3 is 0 Å². The van der Waals surface area contributed by atoms with Gasteiger partial charge in [0, 0.05) is 17.7 Å². The van der Waals surface area contributed by atoms with Gasteiger partial charge in [-0.3, -0.25) is 14.9 Å². The monoisotopic (exact) mass is 375 g/mol. The Labute approximate surface area is 161 Å². The van der Waals surface area contributed by atoms with E-state index < -0.39 is 16.4 Å². The molecular weight excluding hydrogens is 358 g/mol. The summed E-state index contributed by atoms with van der Waals surface area (Å²) in [4.78, 5) is 23.2. The van der Waals surface area contributed by atoms with Crippen molar-refractivity contribution in [1.29, 1.82) is 0 Å². The number of aliphatic hydroxyl groups is 1. The van der Waals surface area contributed by atoms with Gasteiger partial charge in [-0.25, -0.2) is 5.43 Å². The van der Waals surface area contributed by atoms with Crippen molar-refractivity contribution in [1.82, 2.24) is 5.43 Å². The third-order valence-electron chi connectivity index (χ3n) is 4.17. The van der Waals surface area contributed by atoms with Crippen LogP contribution in [0, 0.1) is 10.1 Å². The van der Waals surface area contributed by atoms with Crippen LogP contribution in [0.5, 0.6) is 0 Å². The molecule has 0 aliphatic heterocycles. The summed E-state index contributed by atoms with van der Waals surface area (Å²) >= 11 is 0. The zero-order valence-electron chi connectivity index (χ0n) is 14.7. The molecule has 0 saturated heterocycles. The summed E-state index contributed by atoms with van der Waals surface area (Å²) in [5.41, 5.74) is 1.53. The molecule has 0 aromatic heterocycles. The lowest BCUT2D eigenvalue weighted by molar-refractivity contribution is -0.384. The molecule has 0 unspecified atom stereocenters. The molecule has 0 spiro atoms. The summed E-state index contributed by atoms with van der Waals surface area (Å²) < 4.78 is 0. The Morgan fingerprint density at radius 1 is 0.964 bits per heavy atom. The van der Waals surface area contributed by atoms with E-state index in [1.165, 1.54) is 24.4 Å². The Bertz CT molecular complexity index is 965. The SMILES string of the molecule is O=C(N/N=C\c1cccc([N+](=O)[O-])c1)C(O)(c1ccccc1)c1ccccc1. The number of nitrogens with one attached hydrogen (secondary N) is 1. The molecule has 1 amide bonds. The zero-order valence-corrected chi connectivity index (χ0v) is 14.7. The maximum Gasteiger partial charge on any atom is 0.281 e. The van der Waals surface area contributed by atoms with Crippen molar-refractivity contribution in [2.45, 2.75) is 5.60 Å². The molecule has 140 valence electrons. The molecule has 2 N–H and O–H groups in total. The fraction of sp³-hybridized carbons (Fsp3) is 0.0476. The van der Waals surface area contributed by atoms with Crippen LogP contribution in [0.2, 0.25) is 0 Å². The highest BCUT2D eigenvalue weighted by molar-refractivity contribution is 5.91. The van der Waals surface area contributed by atoms with E-state index in [1.54, 1.807) is 66.7 Å². The topological polar surface area (TPSA) is 105 Å². The number of amides is 1. The largest absolute Gasteiger partial charge is 0.372 e. The molecule has 0 bridgehead atoms. The third kappa shape index (κ3) is 3.94. The first-order valence-electron chi connectivity index (χ1n) is 8.43. The number of hydrogen-bond donors (Lipinski definition) is 2. The van der Waals surface area contributed by atoms with Gasteiger partial charge < -0.3 is 5.11 Å². The average molecular weight is 375 g/mol. The number of nitrogens with zero attached hydrogens (tertiary/aromatic N) is 2.